The molecule has 25 heavy (non-hydrogen) atoms. The third kappa shape index (κ3) is 3.66. The van der Waals surface area contributed by atoms with Crippen LogP contribution in [-0.2, 0) is 6.42 Å². The number of halogens is 1. The molecule has 0 amide bonds. The molecule has 3 aromatic rings. The molecule has 0 saturated carbocycles. The van der Waals surface area contributed by atoms with E-state index in [1.54, 1.807) is 30.8 Å². The second-order valence-electron chi connectivity index (χ2n) is 5.14. The van der Waals surface area contributed by atoms with Crippen LogP contribution in [0.4, 0.5) is 0 Å². The quantitative estimate of drug-likeness (QED) is 0.633. The Morgan fingerprint density at radius 3 is 2.44 bits per heavy atom. The fourth-order valence-electron chi connectivity index (χ4n) is 2.30. The summed E-state index contributed by atoms with van der Waals surface area (Å²) in [4.78, 5) is 21.4. The smallest absolute Gasteiger partial charge is 0.278 e. The van der Waals surface area contributed by atoms with Gasteiger partial charge in [-0.15, -0.1) is 5.10 Å². The van der Waals surface area contributed by atoms with Crippen LogP contribution in [0.5, 0.6) is 11.8 Å². The average Bonchev–Trinajstić information content (AvgIpc) is 2.94. The van der Waals surface area contributed by atoms with Crippen LogP contribution in [0.15, 0.2) is 12.3 Å². The lowest BCUT2D eigenvalue weighted by atomic mass is 10.3. The third-order valence-electron chi connectivity index (χ3n) is 3.28. The minimum Gasteiger partial charge on any atom is -0.477 e. The molecule has 0 aromatic carbocycles. The summed E-state index contributed by atoms with van der Waals surface area (Å²) in [5.41, 5.74) is 0.656. The van der Waals surface area contributed by atoms with Gasteiger partial charge in [0.25, 0.3) is 11.8 Å². The number of nitrogens with zero attached hydrogens (tertiary/aromatic N) is 7. The summed E-state index contributed by atoms with van der Waals surface area (Å²) in [6.45, 7) is 3.56. The minimum absolute atomic E-state index is 0.309. The zero-order valence-electron chi connectivity index (χ0n) is 14.2. The maximum atomic E-state index is 6.03. The lowest BCUT2D eigenvalue weighted by molar-refractivity contribution is 0.330. The molecule has 0 bridgehead atoms. The van der Waals surface area contributed by atoms with E-state index in [0.717, 1.165) is 0 Å². The summed E-state index contributed by atoms with van der Waals surface area (Å²) in [5, 5.41) is 4.73. The van der Waals surface area contributed by atoms with E-state index in [1.807, 2.05) is 0 Å². The van der Waals surface area contributed by atoms with E-state index >= 15 is 0 Å². The molecule has 10 heteroatoms. The highest BCUT2D eigenvalue weighted by Gasteiger charge is 2.15. The standard InChI is InChI=1S/C15H16ClN7O2/c1-8-18-11(16)6-13(19-8)23-12(20-9(2)22-23)5-10-7-17-14(24-3)15(21-10)25-4/h6-7H,5H2,1-4H3. The predicted molar refractivity (Wildman–Crippen MR) is 89.4 cm³/mol. The van der Waals surface area contributed by atoms with Gasteiger partial charge >= 0.3 is 0 Å². The number of aryl methyl sites for hydroxylation is 2. The van der Waals surface area contributed by atoms with Gasteiger partial charge in [-0.2, -0.15) is 4.68 Å². The third-order valence-corrected chi connectivity index (χ3v) is 3.47. The van der Waals surface area contributed by atoms with E-state index in [-0.39, 0.29) is 0 Å². The Balaban J connectivity index is 1.99. The fraction of sp³-hybridized carbons (Fsp3) is 0.333. The lowest BCUT2D eigenvalue weighted by Gasteiger charge is -2.08. The van der Waals surface area contributed by atoms with Crippen molar-refractivity contribution in [1.29, 1.82) is 0 Å². The summed E-state index contributed by atoms with van der Waals surface area (Å²) in [5.74, 6) is 2.98. The van der Waals surface area contributed by atoms with Crippen molar-refractivity contribution in [3.63, 3.8) is 0 Å². The zero-order valence-corrected chi connectivity index (χ0v) is 14.9. The van der Waals surface area contributed by atoms with E-state index in [4.69, 9.17) is 21.1 Å². The van der Waals surface area contributed by atoms with Crippen molar-refractivity contribution in [2.75, 3.05) is 14.2 Å². The Labute approximate surface area is 149 Å². The molecule has 0 N–H and O–H groups in total. The molecule has 0 aliphatic heterocycles. The first kappa shape index (κ1) is 17.0. The molecule has 3 aromatic heterocycles. The van der Waals surface area contributed by atoms with Crippen LogP contribution in [-0.4, -0.2) is 48.9 Å². The molecule has 0 aliphatic carbocycles. The topological polar surface area (TPSA) is 101 Å². The van der Waals surface area contributed by atoms with Crippen LogP contribution in [0, 0.1) is 13.8 Å². The van der Waals surface area contributed by atoms with Gasteiger partial charge in [0.2, 0.25) is 0 Å². The first-order valence-electron chi connectivity index (χ1n) is 7.38. The number of methoxy groups -OCH3 is 2. The zero-order chi connectivity index (χ0) is 18.0. The summed E-state index contributed by atoms with van der Waals surface area (Å²) < 4.78 is 11.9. The van der Waals surface area contributed by atoms with Crippen LogP contribution in [0.1, 0.15) is 23.2 Å². The number of rotatable bonds is 5. The second-order valence-corrected chi connectivity index (χ2v) is 5.53. The molecule has 130 valence electrons. The Bertz CT molecular complexity index is 893. The molecule has 0 spiro atoms. The van der Waals surface area contributed by atoms with Crippen LogP contribution < -0.4 is 9.47 Å². The summed E-state index contributed by atoms with van der Waals surface area (Å²) in [7, 11) is 3.02. The first-order valence-corrected chi connectivity index (χ1v) is 7.76. The van der Waals surface area contributed by atoms with Crippen molar-refractivity contribution in [1.82, 2.24) is 34.7 Å². The lowest BCUT2D eigenvalue weighted by Crippen LogP contribution is -2.09. The summed E-state index contributed by atoms with van der Waals surface area (Å²) >= 11 is 6.03. The van der Waals surface area contributed by atoms with Gasteiger partial charge in [0.1, 0.15) is 22.6 Å². The van der Waals surface area contributed by atoms with Gasteiger partial charge in [0.05, 0.1) is 32.5 Å². The second kappa shape index (κ2) is 6.98. The van der Waals surface area contributed by atoms with E-state index in [2.05, 4.69) is 30.0 Å². The summed E-state index contributed by atoms with van der Waals surface area (Å²) in [6.07, 6.45) is 1.99. The van der Waals surface area contributed by atoms with E-state index in [1.165, 1.54) is 14.2 Å². The van der Waals surface area contributed by atoms with Gasteiger partial charge in [-0.3, -0.25) is 0 Å². The van der Waals surface area contributed by atoms with Gasteiger partial charge in [0, 0.05) is 6.07 Å². The Morgan fingerprint density at radius 2 is 1.76 bits per heavy atom. The number of aromatic nitrogens is 7. The Hall–Kier alpha value is -2.81. The minimum atomic E-state index is 0.309. The normalized spacial score (nSPS) is 10.8. The molecule has 0 radical (unpaired) electrons. The van der Waals surface area contributed by atoms with Crippen molar-refractivity contribution in [3.05, 3.63) is 40.6 Å². The molecule has 0 aliphatic rings. The van der Waals surface area contributed by atoms with Gasteiger partial charge < -0.3 is 9.47 Å². The molecule has 0 unspecified atom stereocenters. The van der Waals surface area contributed by atoms with Crippen molar-refractivity contribution < 1.29 is 9.47 Å². The average molecular weight is 362 g/mol. The van der Waals surface area contributed by atoms with Crippen LogP contribution in [0.25, 0.3) is 5.82 Å². The van der Waals surface area contributed by atoms with Gasteiger partial charge in [0.15, 0.2) is 5.82 Å². The maximum Gasteiger partial charge on any atom is 0.278 e. The molecule has 3 heterocycles. The number of ether oxygens (including phenoxy) is 2. The Morgan fingerprint density at radius 1 is 1.00 bits per heavy atom. The highest BCUT2D eigenvalue weighted by molar-refractivity contribution is 6.29. The summed E-state index contributed by atoms with van der Waals surface area (Å²) in [6, 6.07) is 1.63. The van der Waals surface area contributed by atoms with E-state index in [0.29, 0.717) is 52.3 Å². The largest absolute Gasteiger partial charge is 0.477 e. The van der Waals surface area contributed by atoms with Crippen molar-refractivity contribution in [3.8, 4) is 17.6 Å². The van der Waals surface area contributed by atoms with E-state index < -0.39 is 0 Å². The highest BCUT2D eigenvalue weighted by atomic mass is 35.5. The van der Waals surface area contributed by atoms with Crippen LogP contribution >= 0.6 is 11.6 Å². The molecular weight excluding hydrogens is 346 g/mol. The van der Waals surface area contributed by atoms with Crippen LogP contribution in [0.2, 0.25) is 5.15 Å². The molecule has 3 rings (SSSR count). The van der Waals surface area contributed by atoms with Gasteiger partial charge in [-0.05, 0) is 13.8 Å². The molecule has 0 fully saturated rings. The van der Waals surface area contributed by atoms with E-state index in [9.17, 15) is 0 Å². The number of hydrogen-bond acceptors (Lipinski definition) is 8. The molecule has 0 atom stereocenters. The monoisotopic (exact) mass is 361 g/mol. The number of hydrogen-bond donors (Lipinski definition) is 0. The SMILES string of the molecule is COc1ncc(Cc2nc(C)nn2-c2cc(Cl)nc(C)n2)nc1OC. The van der Waals surface area contributed by atoms with Gasteiger partial charge in [-0.25, -0.2) is 24.9 Å². The Kier molecular flexibility index (Phi) is 4.75. The fourth-order valence-corrected chi connectivity index (χ4v) is 2.52. The maximum absolute atomic E-state index is 6.03. The van der Waals surface area contributed by atoms with Crippen LogP contribution in [0.3, 0.4) is 0 Å². The molecule has 9 nitrogen and oxygen atoms in total. The van der Waals surface area contributed by atoms with Crippen molar-refractivity contribution in [2.24, 2.45) is 0 Å². The van der Waals surface area contributed by atoms with Crippen molar-refractivity contribution >= 4 is 11.6 Å². The molecule has 0 saturated heterocycles. The highest BCUT2D eigenvalue weighted by Crippen LogP contribution is 2.22. The first-order chi connectivity index (χ1) is 12.0. The predicted octanol–water partition coefficient (Wildman–Crippen LogP) is 1.73. The van der Waals surface area contributed by atoms with Crippen molar-refractivity contribution in [2.45, 2.75) is 20.3 Å². The van der Waals surface area contributed by atoms with Gasteiger partial charge in [-0.1, -0.05) is 11.6 Å². The molecular formula is C15H16ClN7O2.